The molecular weight excluding hydrogens is 328 g/mol. The van der Waals surface area contributed by atoms with E-state index < -0.39 is 0 Å². The van der Waals surface area contributed by atoms with Crippen molar-refractivity contribution in [2.45, 2.75) is 47.7 Å². The monoisotopic (exact) mass is 356 g/mol. The zero-order valence-corrected chi connectivity index (χ0v) is 16.3. The fourth-order valence-electron chi connectivity index (χ4n) is 3.20. The van der Waals surface area contributed by atoms with Crippen LogP contribution in [0.25, 0.3) is 0 Å². The molecule has 0 atom stereocenters. The summed E-state index contributed by atoms with van der Waals surface area (Å²) in [5.74, 6) is 0.538. The van der Waals surface area contributed by atoms with E-state index in [-0.39, 0.29) is 17.0 Å². The minimum Gasteiger partial charge on any atom is -0.494 e. The van der Waals surface area contributed by atoms with Gasteiger partial charge in [-0.1, -0.05) is 18.2 Å². The maximum Gasteiger partial charge on any atom is 0.263 e. The third-order valence-corrected chi connectivity index (χ3v) is 4.54. The molecule has 0 N–H and O–H groups in total. The molecule has 0 aliphatic heterocycles. The van der Waals surface area contributed by atoms with Gasteiger partial charge in [0.1, 0.15) is 11.3 Å². The minimum absolute atomic E-state index is 0.216. The van der Waals surface area contributed by atoms with E-state index in [1.54, 1.807) is 9.47 Å². The lowest BCUT2D eigenvalue weighted by molar-refractivity contribution is 0.0748. The van der Waals surface area contributed by atoms with Gasteiger partial charge in [-0.3, -0.25) is 9.59 Å². The molecule has 1 aromatic heterocycles. The number of pyridine rings is 1. The van der Waals surface area contributed by atoms with E-state index >= 15 is 0 Å². The zero-order valence-electron chi connectivity index (χ0n) is 16.3. The third-order valence-electron chi connectivity index (χ3n) is 4.54. The van der Waals surface area contributed by atoms with Gasteiger partial charge in [0.25, 0.3) is 11.5 Å². The maximum atomic E-state index is 13.1. The normalized spacial score (nSPS) is 10.7. The summed E-state index contributed by atoms with van der Waals surface area (Å²) in [6.07, 6.45) is 0. The molecular formula is C21H28N2O3. The second-order valence-corrected chi connectivity index (χ2v) is 6.25. The largest absolute Gasteiger partial charge is 0.494 e. The highest BCUT2D eigenvalue weighted by molar-refractivity contribution is 5.95. The van der Waals surface area contributed by atoms with Crippen LogP contribution < -0.4 is 10.3 Å². The lowest BCUT2D eigenvalue weighted by atomic mass is 10.1. The lowest BCUT2D eigenvalue weighted by Gasteiger charge is -2.23. The van der Waals surface area contributed by atoms with Gasteiger partial charge in [0.05, 0.1) is 6.61 Å². The molecule has 2 rings (SSSR count). The molecule has 140 valence electrons. The Morgan fingerprint density at radius 3 is 2.46 bits per heavy atom. The molecule has 1 amide bonds. The van der Waals surface area contributed by atoms with Crippen LogP contribution in [0.5, 0.6) is 5.75 Å². The van der Waals surface area contributed by atoms with Gasteiger partial charge in [0, 0.05) is 30.9 Å². The number of aromatic nitrogens is 1. The van der Waals surface area contributed by atoms with Crippen LogP contribution in [-0.4, -0.2) is 28.5 Å². The van der Waals surface area contributed by atoms with E-state index in [9.17, 15) is 9.59 Å². The van der Waals surface area contributed by atoms with Crippen LogP contribution in [-0.2, 0) is 13.1 Å². The standard InChI is InChI=1S/C21H28N2O3/c1-6-22(14-17-11-9-10-12-18(17)26-8-3)20(24)19-15(4)13-16(5)23(7-2)21(19)25/h9-13H,6-8,14H2,1-5H3. The smallest absolute Gasteiger partial charge is 0.263 e. The molecule has 0 saturated carbocycles. The van der Waals surface area contributed by atoms with Gasteiger partial charge in [-0.15, -0.1) is 0 Å². The predicted octanol–water partition coefficient (Wildman–Crippen LogP) is 3.55. The number of benzene rings is 1. The maximum absolute atomic E-state index is 13.1. The van der Waals surface area contributed by atoms with E-state index in [1.165, 1.54) is 0 Å². The van der Waals surface area contributed by atoms with Crippen molar-refractivity contribution in [3.8, 4) is 5.75 Å². The number of carbonyl (C=O) groups is 1. The number of aryl methyl sites for hydroxylation is 2. The van der Waals surface area contributed by atoms with Gasteiger partial charge in [0.2, 0.25) is 0 Å². The molecule has 5 nitrogen and oxygen atoms in total. The highest BCUT2D eigenvalue weighted by Gasteiger charge is 2.22. The summed E-state index contributed by atoms with van der Waals surface area (Å²) in [6, 6.07) is 9.60. The van der Waals surface area contributed by atoms with E-state index in [0.717, 1.165) is 22.6 Å². The van der Waals surface area contributed by atoms with Crippen molar-refractivity contribution in [1.29, 1.82) is 0 Å². The van der Waals surface area contributed by atoms with Gasteiger partial charge in [-0.05, 0) is 52.3 Å². The Balaban J connectivity index is 2.41. The van der Waals surface area contributed by atoms with Crippen LogP contribution in [0.15, 0.2) is 35.1 Å². The summed E-state index contributed by atoms with van der Waals surface area (Å²) in [5, 5.41) is 0. The Morgan fingerprint density at radius 1 is 1.15 bits per heavy atom. The van der Waals surface area contributed by atoms with Crippen molar-refractivity contribution in [3.63, 3.8) is 0 Å². The molecule has 0 aliphatic rings. The first-order chi connectivity index (χ1) is 12.4. The Bertz CT molecular complexity index is 840. The zero-order chi connectivity index (χ0) is 19.3. The summed E-state index contributed by atoms with van der Waals surface area (Å²) < 4.78 is 7.30. The molecule has 0 bridgehead atoms. The number of rotatable bonds is 7. The summed E-state index contributed by atoms with van der Waals surface area (Å²) >= 11 is 0. The fourth-order valence-corrected chi connectivity index (χ4v) is 3.20. The number of hydrogen-bond acceptors (Lipinski definition) is 3. The molecule has 2 aromatic rings. The van der Waals surface area contributed by atoms with E-state index in [2.05, 4.69) is 0 Å². The number of ether oxygens (including phenoxy) is 1. The molecule has 1 heterocycles. The molecule has 1 aromatic carbocycles. The fraction of sp³-hybridized carbons (Fsp3) is 0.429. The summed E-state index contributed by atoms with van der Waals surface area (Å²) in [4.78, 5) is 27.6. The Labute approximate surface area is 155 Å². The van der Waals surface area contributed by atoms with Crippen molar-refractivity contribution in [2.24, 2.45) is 0 Å². The first kappa shape index (κ1) is 19.8. The summed E-state index contributed by atoms with van der Waals surface area (Å²) in [7, 11) is 0. The molecule has 0 unspecified atom stereocenters. The average Bonchev–Trinajstić information content (AvgIpc) is 2.61. The molecule has 5 heteroatoms. The topological polar surface area (TPSA) is 51.5 Å². The van der Waals surface area contributed by atoms with E-state index in [0.29, 0.717) is 26.2 Å². The SMILES string of the molecule is CCOc1ccccc1CN(CC)C(=O)c1c(C)cc(C)n(CC)c1=O. The highest BCUT2D eigenvalue weighted by Crippen LogP contribution is 2.21. The van der Waals surface area contributed by atoms with Gasteiger partial charge in [-0.2, -0.15) is 0 Å². The highest BCUT2D eigenvalue weighted by atomic mass is 16.5. The van der Waals surface area contributed by atoms with Crippen molar-refractivity contribution < 1.29 is 9.53 Å². The van der Waals surface area contributed by atoms with Crippen LogP contribution >= 0.6 is 0 Å². The number of para-hydroxylation sites is 1. The molecule has 0 spiro atoms. The summed E-state index contributed by atoms with van der Waals surface area (Å²) in [6.45, 7) is 11.5. The molecule has 0 saturated heterocycles. The Morgan fingerprint density at radius 2 is 1.85 bits per heavy atom. The number of hydrogen-bond donors (Lipinski definition) is 0. The van der Waals surface area contributed by atoms with Crippen molar-refractivity contribution in [2.75, 3.05) is 13.2 Å². The van der Waals surface area contributed by atoms with Gasteiger partial charge in [0.15, 0.2) is 0 Å². The van der Waals surface area contributed by atoms with Crippen LogP contribution in [0.1, 0.15) is 48.0 Å². The van der Waals surface area contributed by atoms with Crippen LogP contribution in [0.4, 0.5) is 0 Å². The second kappa shape index (κ2) is 8.70. The molecule has 0 radical (unpaired) electrons. The van der Waals surface area contributed by atoms with E-state index in [4.69, 9.17) is 4.74 Å². The van der Waals surface area contributed by atoms with Gasteiger partial charge in [-0.25, -0.2) is 0 Å². The second-order valence-electron chi connectivity index (χ2n) is 6.25. The van der Waals surface area contributed by atoms with Crippen molar-refractivity contribution in [1.82, 2.24) is 9.47 Å². The third kappa shape index (κ3) is 3.98. The summed E-state index contributed by atoms with van der Waals surface area (Å²) in [5.41, 5.74) is 2.57. The first-order valence-corrected chi connectivity index (χ1v) is 9.15. The first-order valence-electron chi connectivity index (χ1n) is 9.15. The number of carbonyl (C=O) groups excluding carboxylic acids is 1. The predicted molar refractivity (Wildman–Crippen MR) is 104 cm³/mol. The Kier molecular flexibility index (Phi) is 6.61. The van der Waals surface area contributed by atoms with Crippen LogP contribution in [0, 0.1) is 13.8 Å². The molecule has 0 fully saturated rings. The van der Waals surface area contributed by atoms with E-state index in [1.807, 2.05) is 65.0 Å². The van der Waals surface area contributed by atoms with Gasteiger partial charge >= 0.3 is 0 Å². The Hall–Kier alpha value is -2.56. The lowest BCUT2D eigenvalue weighted by Crippen LogP contribution is -2.37. The minimum atomic E-state index is -0.233. The van der Waals surface area contributed by atoms with Crippen molar-refractivity contribution in [3.05, 3.63) is 63.1 Å². The average molecular weight is 356 g/mol. The van der Waals surface area contributed by atoms with Crippen LogP contribution in [0.2, 0.25) is 0 Å². The molecule has 0 aliphatic carbocycles. The number of amides is 1. The number of nitrogens with zero attached hydrogens (tertiary/aromatic N) is 2. The molecule has 26 heavy (non-hydrogen) atoms. The van der Waals surface area contributed by atoms with Crippen molar-refractivity contribution >= 4 is 5.91 Å². The van der Waals surface area contributed by atoms with Gasteiger partial charge < -0.3 is 14.2 Å². The quantitative estimate of drug-likeness (QED) is 0.762. The van der Waals surface area contributed by atoms with Crippen LogP contribution in [0.3, 0.4) is 0 Å².